The van der Waals surface area contributed by atoms with Crippen molar-refractivity contribution in [1.82, 2.24) is 10.2 Å². The Morgan fingerprint density at radius 3 is 2.67 bits per heavy atom. The van der Waals surface area contributed by atoms with E-state index in [0.717, 1.165) is 40.8 Å². The molecule has 0 saturated heterocycles. The average Bonchev–Trinajstić information content (AvgIpc) is 2.63. The van der Waals surface area contributed by atoms with E-state index in [-0.39, 0.29) is 0 Å². The minimum atomic E-state index is -0.456. The quantitative estimate of drug-likeness (QED) is 0.830. The van der Waals surface area contributed by atoms with Crippen LogP contribution in [0.2, 0.25) is 0 Å². The molecule has 0 atom stereocenters. The van der Waals surface area contributed by atoms with E-state index in [1.54, 1.807) is 23.1 Å². The van der Waals surface area contributed by atoms with Gasteiger partial charge in [-0.05, 0) is 19.8 Å². The van der Waals surface area contributed by atoms with Gasteiger partial charge in [0.15, 0.2) is 4.34 Å². The first-order valence-electron chi connectivity index (χ1n) is 5.33. The first kappa shape index (κ1) is 11.4. The van der Waals surface area contributed by atoms with Crippen LogP contribution in [0.3, 0.4) is 0 Å². The van der Waals surface area contributed by atoms with Crippen molar-refractivity contribution in [2.75, 3.05) is 5.75 Å². The van der Waals surface area contributed by atoms with Crippen LogP contribution in [0.4, 0.5) is 0 Å². The zero-order valence-corrected chi connectivity index (χ0v) is 10.5. The second-order valence-electron chi connectivity index (χ2n) is 4.16. The second kappa shape index (κ2) is 4.80. The molecule has 1 aromatic rings. The zero-order valence-electron chi connectivity index (χ0n) is 8.90. The summed E-state index contributed by atoms with van der Waals surface area (Å²) >= 11 is 3.25. The maximum Gasteiger partial charge on any atom is 0.174 e. The fraction of sp³-hybridized carbons (Fsp3) is 0.800. The largest absolute Gasteiger partial charge is 0.389 e. The van der Waals surface area contributed by atoms with E-state index in [1.165, 1.54) is 6.42 Å². The van der Waals surface area contributed by atoms with Crippen molar-refractivity contribution >= 4 is 23.1 Å². The summed E-state index contributed by atoms with van der Waals surface area (Å²) in [6.07, 6.45) is 5.47. The van der Waals surface area contributed by atoms with Crippen molar-refractivity contribution in [1.29, 1.82) is 0 Å². The predicted octanol–water partition coefficient (Wildman–Crippen LogP) is 2.63. The Labute approximate surface area is 98.3 Å². The van der Waals surface area contributed by atoms with Gasteiger partial charge in [-0.2, -0.15) is 0 Å². The molecule has 1 N–H and O–H groups in total. The molecule has 15 heavy (non-hydrogen) atoms. The van der Waals surface area contributed by atoms with Crippen molar-refractivity contribution < 1.29 is 5.11 Å². The molecule has 0 amide bonds. The first-order chi connectivity index (χ1) is 7.18. The van der Waals surface area contributed by atoms with Gasteiger partial charge in [0.25, 0.3) is 0 Å². The Bertz CT molecular complexity index is 321. The predicted molar refractivity (Wildman–Crippen MR) is 63.4 cm³/mol. The fourth-order valence-corrected chi connectivity index (χ4v) is 3.86. The second-order valence-corrected chi connectivity index (χ2v) is 6.56. The molecule has 0 aliphatic heterocycles. The lowest BCUT2D eigenvalue weighted by Gasteiger charge is -2.31. The molecule has 1 aliphatic carbocycles. The molecular formula is C10H16N2OS2. The molecule has 2 rings (SSSR count). The monoisotopic (exact) mass is 244 g/mol. The number of aryl methyl sites for hydroxylation is 1. The lowest BCUT2D eigenvalue weighted by atomic mass is 9.86. The van der Waals surface area contributed by atoms with Crippen LogP contribution in [0.1, 0.15) is 37.1 Å². The van der Waals surface area contributed by atoms with E-state index in [4.69, 9.17) is 0 Å². The van der Waals surface area contributed by atoms with Crippen molar-refractivity contribution in [2.45, 2.75) is 49.0 Å². The number of nitrogens with zero attached hydrogens (tertiary/aromatic N) is 2. The molecular weight excluding hydrogens is 228 g/mol. The van der Waals surface area contributed by atoms with Crippen LogP contribution in [0.15, 0.2) is 4.34 Å². The highest BCUT2D eigenvalue weighted by atomic mass is 32.2. The highest BCUT2D eigenvalue weighted by Crippen LogP contribution is 2.34. The average molecular weight is 244 g/mol. The minimum absolute atomic E-state index is 0.456. The molecule has 3 nitrogen and oxygen atoms in total. The number of thioether (sulfide) groups is 1. The van der Waals surface area contributed by atoms with Crippen LogP contribution in [-0.4, -0.2) is 26.7 Å². The van der Waals surface area contributed by atoms with Crippen LogP contribution in [0.25, 0.3) is 0 Å². The topological polar surface area (TPSA) is 46.0 Å². The molecule has 1 saturated carbocycles. The van der Waals surface area contributed by atoms with Crippen LogP contribution in [-0.2, 0) is 0 Å². The van der Waals surface area contributed by atoms with Gasteiger partial charge in [-0.1, -0.05) is 42.4 Å². The number of hydrogen-bond acceptors (Lipinski definition) is 5. The van der Waals surface area contributed by atoms with Gasteiger partial charge >= 0.3 is 0 Å². The molecule has 0 bridgehead atoms. The molecule has 84 valence electrons. The molecule has 1 aliphatic rings. The van der Waals surface area contributed by atoms with Crippen molar-refractivity contribution in [3.05, 3.63) is 5.01 Å². The lowest BCUT2D eigenvalue weighted by Crippen LogP contribution is -2.33. The molecule has 1 fully saturated rings. The summed E-state index contributed by atoms with van der Waals surface area (Å²) in [7, 11) is 0. The van der Waals surface area contributed by atoms with Gasteiger partial charge in [0, 0.05) is 5.75 Å². The van der Waals surface area contributed by atoms with Gasteiger partial charge < -0.3 is 5.11 Å². The Hall–Kier alpha value is -0.130. The minimum Gasteiger partial charge on any atom is -0.389 e. The van der Waals surface area contributed by atoms with Gasteiger partial charge in [-0.25, -0.2) is 0 Å². The number of rotatable bonds is 3. The SMILES string of the molecule is Cc1nnc(SCC2(O)CCCCC2)s1. The summed E-state index contributed by atoms with van der Waals surface area (Å²) in [6.45, 7) is 1.96. The summed E-state index contributed by atoms with van der Waals surface area (Å²) in [5, 5.41) is 19.3. The van der Waals surface area contributed by atoms with Crippen LogP contribution in [0.5, 0.6) is 0 Å². The van der Waals surface area contributed by atoms with Crippen LogP contribution < -0.4 is 0 Å². The maximum absolute atomic E-state index is 10.3. The maximum atomic E-state index is 10.3. The van der Waals surface area contributed by atoms with Gasteiger partial charge in [0.1, 0.15) is 5.01 Å². The summed E-state index contributed by atoms with van der Waals surface area (Å²) in [4.78, 5) is 0. The van der Waals surface area contributed by atoms with Crippen molar-refractivity contribution in [2.24, 2.45) is 0 Å². The standard InChI is InChI=1S/C10H16N2OS2/c1-8-11-12-9(15-8)14-7-10(13)5-3-2-4-6-10/h13H,2-7H2,1H3. The third-order valence-electron chi connectivity index (χ3n) is 2.76. The highest BCUT2D eigenvalue weighted by Gasteiger charge is 2.29. The van der Waals surface area contributed by atoms with Gasteiger partial charge in [-0.15, -0.1) is 10.2 Å². The number of aromatic nitrogens is 2. The molecule has 0 aromatic carbocycles. The molecule has 5 heteroatoms. The molecule has 0 spiro atoms. The third-order valence-corrected chi connectivity index (χ3v) is 5.00. The molecule has 0 unspecified atom stereocenters. The van der Waals surface area contributed by atoms with Gasteiger partial charge in [0.2, 0.25) is 0 Å². The lowest BCUT2D eigenvalue weighted by molar-refractivity contribution is 0.0273. The van der Waals surface area contributed by atoms with Crippen LogP contribution >= 0.6 is 23.1 Å². The van der Waals surface area contributed by atoms with E-state index < -0.39 is 5.60 Å². The van der Waals surface area contributed by atoms with Gasteiger partial charge in [-0.3, -0.25) is 0 Å². The van der Waals surface area contributed by atoms with E-state index in [0.29, 0.717) is 0 Å². The summed E-state index contributed by atoms with van der Waals surface area (Å²) < 4.78 is 0.978. The van der Waals surface area contributed by atoms with E-state index in [9.17, 15) is 5.11 Å². The Balaban J connectivity index is 1.86. The summed E-state index contributed by atoms with van der Waals surface area (Å²) in [5.41, 5.74) is -0.456. The van der Waals surface area contributed by atoms with Crippen molar-refractivity contribution in [3.8, 4) is 0 Å². The number of hydrogen-bond donors (Lipinski definition) is 1. The van der Waals surface area contributed by atoms with E-state index >= 15 is 0 Å². The normalized spacial score (nSPS) is 20.4. The smallest absolute Gasteiger partial charge is 0.174 e. The Morgan fingerprint density at radius 1 is 1.33 bits per heavy atom. The Kier molecular flexibility index (Phi) is 3.64. The first-order valence-corrected chi connectivity index (χ1v) is 7.13. The van der Waals surface area contributed by atoms with Crippen LogP contribution in [0, 0.1) is 6.92 Å². The molecule has 1 aromatic heterocycles. The van der Waals surface area contributed by atoms with Gasteiger partial charge in [0.05, 0.1) is 5.60 Å². The fourth-order valence-electron chi connectivity index (χ4n) is 1.89. The van der Waals surface area contributed by atoms with E-state index in [1.807, 2.05) is 6.92 Å². The summed E-state index contributed by atoms with van der Waals surface area (Å²) in [6, 6.07) is 0. The molecule has 0 radical (unpaired) electrons. The summed E-state index contributed by atoms with van der Waals surface area (Å²) in [5.74, 6) is 0.766. The van der Waals surface area contributed by atoms with E-state index in [2.05, 4.69) is 10.2 Å². The zero-order chi connectivity index (χ0) is 10.7. The highest BCUT2D eigenvalue weighted by molar-refractivity contribution is 8.01. The molecule has 1 heterocycles. The third kappa shape index (κ3) is 3.16. The number of aliphatic hydroxyl groups is 1. The van der Waals surface area contributed by atoms with Crippen molar-refractivity contribution in [3.63, 3.8) is 0 Å². The Morgan fingerprint density at radius 2 is 2.07 bits per heavy atom.